The van der Waals surface area contributed by atoms with Crippen LogP contribution in [-0.2, 0) is 9.53 Å². The van der Waals surface area contributed by atoms with Gasteiger partial charge in [0.25, 0.3) is 0 Å². The molecular weight excluding hydrogens is 266 g/mol. The molecule has 108 valence electrons. The highest BCUT2D eigenvalue weighted by molar-refractivity contribution is 5.73. The number of fused-ring (bicyclic) bond motifs is 1. The van der Waals surface area contributed by atoms with Crippen LogP contribution in [0.15, 0.2) is 12.1 Å². The third-order valence-electron chi connectivity index (χ3n) is 4.34. The van der Waals surface area contributed by atoms with Gasteiger partial charge in [-0.1, -0.05) is 6.92 Å². The normalized spacial score (nSPS) is 29.4. The van der Waals surface area contributed by atoms with E-state index in [-0.39, 0.29) is 41.6 Å². The molecule has 1 fully saturated rings. The molecule has 3 atom stereocenters. The Morgan fingerprint density at radius 3 is 2.70 bits per heavy atom. The second-order valence-electron chi connectivity index (χ2n) is 5.45. The van der Waals surface area contributed by atoms with Crippen LogP contribution >= 0.6 is 0 Å². The lowest BCUT2D eigenvalue weighted by molar-refractivity contribution is -0.156. The summed E-state index contributed by atoms with van der Waals surface area (Å²) in [7, 11) is 0. The van der Waals surface area contributed by atoms with Gasteiger partial charge in [0.05, 0.1) is 19.1 Å². The fraction of sp³-hybridized carbons (Fsp3) is 0.533. The number of benzene rings is 1. The molecule has 0 radical (unpaired) electrons. The standard InChI is InChI=1S/C15H16F2O3/c1-8-10(9-3-2-6-19-15(9)18)7-20-14-12(17)5-4-11(16)13(8)14/h4-5,8-10H,2-3,6-7H2,1H3. The predicted octanol–water partition coefficient (Wildman–Crippen LogP) is 3.03. The monoisotopic (exact) mass is 282 g/mol. The van der Waals surface area contributed by atoms with Gasteiger partial charge in [0.2, 0.25) is 0 Å². The van der Waals surface area contributed by atoms with Gasteiger partial charge < -0.3 is 9.47 Å². The van der Waals surface area contributed by atoms with Crippen LogP contribution in [0, 0.1) is 23.5 Å². The zero-order valence-electron chi connectivity index (χ0n) is 11.2. The molecule has 0 bridgehead atoms. The van der Waals surface area contributed by atoms with E-state index in [4.69, 9.17) is 9.47 Å². The van der Waals surface area contributed by atoms with Crippen molar-refractivity contribution in [2.24, 2.45) is 11.8 Å². The predicted molar refractivity (Wildman–Crippen MR) is 67.4 cm³/mol. The average Bonchev–Trinajstić information content (AvgIpc) is 2.44. The molecule has 1 aromatic rings. The fourth-order valence-corrected chi connectivity index (χ4v) is 3.21. The quantitative estimate of drug-likeness (QED) is 0.743. The molecule has 5 heteroatoms. The van der Waals surface area contributed by atoms with Gasteiger partial charge in [-0.05, 0) is 30.9 Å². The Balaban J connectivity index is 1.94. The van der Waals surface area contributed by atoms with Crippen molar-refractivity contribution in [2.45, 2.75) is 25.7 Å². The summed E-state index contributed by atoms with van der Waals surface area (Å²) in [6, 6.07) is 2.17. The number of carbonyl (C=O) groups excluding carboxylic acids is 1. The van der Waals surface area contributed by atoms with Gasteiger partial charge in [0.15, 0.2) is 11.6 Å². The molecule has 0 spiro atoms. The van der Waals surface area contributed by atoms with E-state index in [1.807, 2.05) is 6.92 Å². The van der Waals surface area contributed by atoms with Gasteiger partial charge in [0, 0.05) is 11.5 Å². The average molecular weight is 282 g/mol. The first kappa shape index (κ1) is 13.3. The Kier molecular flexibility index (Phi) is 3.36. The number of ether oxygens (including phenoxy) is 2. The van der Waals surface area contributed by atoms with Crippen LogP contribution in [0.5, 0.6) is 5.75 Å². The molecule has 2 aliphatic rings. The second-order valence-corrected chi connectivity index (χ2v) is 5.45. The van der Waals surface area contributed by atoms with E-state index >= 15 is 0 Å². The number of hydrogen-bond donors (Lipinski definition) is 0. The van der Waals surface area contributed by atoms with Crippen LogP contribution in [-0.4, -0.2) is 19.2 Å². The first-order valence-corrected chi connectivity index (χ1v) is 6.87. The molecule has 1 saturated heterocycles. The lowest BCUT2D eigenvalue weighted by Gasteiger charge is -2.37. The van der Waals surface area contributed by atoms with Crippen molar-refractivity contribution >= 4 is 5.97 Å². The topological polar surface area (TPSA) is 35.5 Å². The highest BCUT2D eigenvalue weighted by Gasteiger charge is 2.41. The Morgan fingerprint density at radius 2 is 1.95 bits per heavy atom. The fourth-order valence-electron chi connectivity index (χ4n) is 3.21. The summed E-state index contributed by atoms with van der Waals surface area (Å²) in [4.78, 5) is 11.9. The molecule has 2 aliphatic heterocycles. The molecule has 1 aromatic carbocycles. The number of carbonyl (C=O) groups is 1. The number of rotatable bonds is 1. The second kappa shape index (κ2) is 5.04. The third kappa shape index (κ3) is 2.05. The Morgan fingerprint density at radius 1 is 1.20 bits per heavy atom. The minimum absolute atomic E-state index is 0.0158. The maximum Gasteiger partial charge on any atom is 0.309 e. The zero-order chi connectivity index (χ0) is 14.3. The summed E-state index contributed by atoms with van der Waals surface area (Å²) >= 11 is 0. The smallest absolute Gasteiger partial charge is 0.309 e. The van der Waals surface area contributed by atoms with Gasteiger partial charge in [-0.2, -0.15) is 0 Å². The van der Waals surface area contributed by atoms with Crippen molar-refractivity contribution in [3.63, 3.8) is 0 Å². The summed E-state index contributed by atoms with van der Waals surface area (Å²) in [5.41, 5.74) is 0.236. The lowest BCUT2D eigenvalue weighted by atomic mass is 9.75. The Labute approximate surface area is 115 Å². The van der Waals surface area contributed by atoms with Gasteiger partial charge >= 0.3 is 5.97 Å². The number of halogens is 2. The first-order valence-electron chi connectivity index (χ1n) is 6.87. The summed E-state index contributed by atoms with van der Waals surface area (Å²) in [6.07, 6.45) is 1.52. The number of esters is 1. The van der Waals surface area contributed by atoms with Crippen molar-refractivity contribution in [1.82, 2.24) is 0 Å². The van der Waals surface area contributed by atoms with Gasteiger partial charge in [0.1, 0.15) is 5.82 Å². The maximum atomic E-state index is 14.0. The van der Waals surface area contributed by atoms with Crippen LogP contribution < -0.4 is 4.74 Å². The molecule has 0 aliphatic carbocycles. The van der Waals surface area contributed by atoms with E-state index in [9.17, 15) is 13.6 Å². The van der Waals surface area contributed by atoms with Crippen LogP contribution in [0.25, 0.3) is 0 Å². The Bertz CT molecular complexity index is 544. The van der Waals surface area contributed by atoms with E-state index in [2.05, 4.69) is 0 Å². The SMILES string of the molecule is CC1c2c(F)ccc(F)c2OCC1C1CCCOC1=O. The molecule has 20 heavy (non-hydrogen) atoms. The molecule has 0 amide bonds. The lowest BCUT2D eigenvalue weighted by Crippen LogP contribution is -2.38. The van der Waals surface area contributed by atoms with Crippen LogP contribution in [0.3, 0.4) is 0 Å². The van der Waals surface area contributed by atoms with Crippen molar-refractivity contribution in [1.29, 1.82) is 0 Å². The number of cyclic esters (lactones) is 1. The first-order chi connectivity index (χ1) is 9.59. The minimum atomic E-state index is -0.557. The molecule has 3 rings (SSSR count). The molecular formula is C15H16F2O3. The van der Waals surface area contributed by atoms with E-state index in [0.29, 0.717) is 13.0 Å². The largest absolute Gasteiger partial charge is 0.490 e. The van der Waals surface area contributed by atoms with Gasteiger partial charge in [-0.15, -0.1) is 0 Å². The summed E-state index contributed by atoms with van der Waals surface area (Å²) in [5, 5.41) is 0. The molecule has 3 unspecified atom stereocenters. The van der Waals surface area contributed by atoms with Gasteiger partial charge in [-0.25, -0.2) is 8.78 Å². The van der Waals surface area contributed by atoms with E-state index in [1.54, 1.807) is 0 Å². The maximum absolute atomic E-state index is 14.0. The Hall–Kier alpha value is -1.65. The van der Waals surface area contributed by atoms with Crippen molar-refractivity contribution in [3.8, 4) is 5.75 Å². The summed E-state index contributed by atoms with van der Waals surface area (Å²) < 4.78 is 38.1. The summed E-state index contributed by atoms with van der Waals surface area (Å²) in [5.74, 6) is -2.05. The molecule has 0 aromatic heterocycles. The third-order valence-corrected chi connectivity index (χ3v) is 4.34. The molecule has 2 heterocycles. The van der Waals surface area contributed by atoms with E-state index < -0.39 is 11.6 Å². The molecule has 0 N–H and O–H groups in total. The van der Waals surface area contributed by atoms with E-state index in [0.717, 1.165) is 18.6 Å². The zero-order valence-corrected chi connectivity index (χ0v) is 11.2. The van der Waals surface area contributed by atoms with Crippen molar-refractivity contribution in [3.05, 3.63) is 29.3 Å². The molecule has 0 saturated carbocycles. The summed E-state index contributed by atoms with van der Waals surface area (Å²) in [6.45, 7) is 2.47. The van der Waals surface area contributed by atoms with Crippen LogP contribution in [0.4, 0.5) is 8.78 Å². The highest BCUT2D eigenvalue weighted by atomic mass is 19.1. The highest BCUT2D eigenvalue weighted by Crippen LogP contribution is 2.44. The van der Waals surface area contributed by atoms with Crippen molar-refractivity contribution < 1.29 is 23.0 Å². The van der Waals surface area contributed by atoms with Crippen LogP contribution in [0.2, 0.25) is 0 Å². The van der Waals surface area contributed by atoms with E-state index in [1.165, 1.54) is 0 Å². The van der Waals surface area contributed by atoms with Gasteiger partial charge in [-0.3, -0.25) is 4.79 Å². The number of hydrogen-bond acceptors (Lipinski definition) is 3. The van der Waals surface area contributed by atoms with Crippen molar-refractivity contribution in [2.75, 3.05) is 13.2 Å². The minimum Gasteiger partial charge on any atom is -0.490 e. The van der Waals surface area contributed by atoms with Crippen LogP contribution in [0.1, 0.15) is 31.2 Å². The molecule has 3 nitrogen and oxygen atoms in total.